The summed E-state index contributed by atoms with van der Waals surface area (Å²) >= 11 is 1.92. The first-order valence-corrected chi connectivity index (χ1v) is 14.5. The van der Waals surface area contributed by atoms with Gasteiger partial charge in [0.25, 0.3) is 0 Å². The summed E-state index contributed by atoms with van der Waals surface area (Å²) in [6.07, 6.45) is 0. The molecule has 2 heterocycles. The highest BCUT2D eigenvalue weighted by Gasteiger charge is 2.22. The van der Waals surface area contributed by atoms with E-state index in [0.717, 1.165) is 0 Å². The number of benzene rings is 7. The van der Waals surface area contributed by atoms with Gasteiger partial charge in [0, 0.05) is 31.6 Å². The minimum Gasteiger partial charge on any atom is -0.307 e. The molecule has 9 rings (SSSR count). The average molecular weight is 526 g/mol. The summed E-state index contributed by atoms with van der Waals surface area (Å²) in [6.45, 7) is 0. The molecular formula is C38H23NS. The average Bonchev–Trinajstić information content (AvgIpc) is 3.58. The molecule has 0 saturated heterocycles. The number of nitrogens with zero attached hydrogens (tertiary/aromatic N) is 1. The van der Waals surface area contributed by atoms with E-state index in [0.29, 0.717) is 0 Å². The molecular weight excluding hydrogens is 502 g/mol. The molecule has 0 radical (unpaired) electrons. The van der Waals surface area contributed by atoms with Crippen LogP contribution in [0.15, 0.2) is 140 Å². The Morgan fingerprint density at radius 3 is 1.98 bits per heavy atom. The van der Waals surface area contributed by atoms with Gasteiger partial charge in [0.15, 0.2) is 0 Å². The van der Waals surface area contributed by atoms with E-state index >= 15 is 0 Å². The van der Waals surface area contributed by atoms with Gasteiger partial charge in [0.2, 0.25) is 0 Å². The van der Waals surface area contributed by atoms with Crippen LogP contribution in [-0.4, -0.2) is 4.57 Å². The van der Waals surface area contributed by atoms with Crippen LogP contribution < -0.4 is 0 Å². The number of hydrogen-bond donors (Lipinski definition) is 0. The molecule has 2 heteroatoms. The highest BCUT2D eigenvalue weighted by Crippen LogP contribution is 2.48. The molecule has 0 spiro atoms. The van der Waals surface area contributed by atoms with Gasteiger partial charge in [-0.25, -0.2) is 0 Å². The Balaban J connectivity index is 1.58. The van der Waals surface area contributed by atoms with Crippen LogP contribution in [0, 0.1) is 0 Å². The monoisotopic (exact) mass is 525 g/mol. The molecule has 40 heavy (non-hydrogen) atoms. The molecule has 0 saturated carbocycles. The zero-order valence-electron chi connectivity index (χ0n) is 21.6. The van der Waals surface area contributed by atoms with E-state index in [1.807, 2.05) is 11.3 Å². The van der Waals surface area contributed by atoms with E-state index in [1.165, 1.54) is 80.3 Å². The number of thiophene rings is 1. The molecule has 2 aromatic heterocycles. The summed E-state index contributed by atoms with van der Waals surface area (Å²) in [5.74, 6) is 0. The van der Waals surface area contributed by atoms with Gasteiger partial charge >= 0.3 is 0 Å². The second kappa shape index (κ2) is 8.29. The summed E-state index contributed by atoms with van der Waals surface area (Å²) in [6, 6.07) is 51.0. The first-order chi connectivity index (χ1) is 19.9. The zero-order chi connectivity index (χ0) is 26.2. The molecule has 0 unspecified atom stereocenters. The largest absolute Gasteiger partial charge is 0.307 e. The summed E-state index contributed by atoms with van der Waals surface area (Å²) in [7, 11) is 0. The Hall–Kier alpha value is -4.92. The van der Waals surface area contributed by atoms with Crippen molar-refractivity contribution in [2.75, 3.05) is 0 Å². The zero-order valence-corrected chi connectivity index (χ0v) is 22.5. The SMILES string of the molecule is c1ccc(-c2ccc3c(c2)c2c4ccccc4c4c5ccccc5sc4c2n3-c2cccc3ccccc23)cc1. The summed E-state index contributed by atoms with van der Waals surface area (Å²) < 4.78 is 5.21. The molecule has 0 aliphatic heterocycles. The van der Waals surface area contributed by atoms with Crippen LogP contribution in [0.3, 0.4) is 0 Å². The third kappa shape index (κ3) is 2.97. The lowest BCUT2D eigenvalue weighted by Crippen LogP contribution is -1.95. The summed E-state index contributed by atoms with van der Waals surface area (Å²) in [5.41, 5.74) is 6.24. The van der Waals surface area contributed by atoms with Crippen LogP contribution in [0.1, 0.15) is 0 Å². The van der Waals surface area contributed by atoms with Crippen molar-refractivity contribution in [1.29, 1.82) is 0 Å². The van der Waals surface area contributed by atoms with Crippen LogP contribution in [0.2, 0.25) is 0 Å². The number of aromatic nitrogens is 1. The fraction of sp³-hybridized carbons (Fsp3) is 0. The second-order valence-corrected chi connectivity index (χ2v) is 11.6. The van der Waals surface area contributed by atoms with Gasteiger partial charge in [0.05, 0.1) is 21.4 Å². The predicted octanol–water partition coefficient (Wildman–Crippen LogP) is 11.1. The fourth-order valence-corrected chi connectivity index (χ4v) is 7.90. The van der Waals surface area contributed by atoms with Gasteiger partial charge in [0.1, 0.15) is 0 Å². The molecule has 0 aliphatic rings. The van der Waals surface area contributed by atoms with E-state index in [-0.39, 0.29) is 0 Å². The van der Waals surface area contributed by atoms with Crippen LogP contribution in [0.4, 0.5) is 0 Å². The fourth-order valence-electron chi connectivity index (χ4n) is 6.64. The molecule has 0 amide bonds. The highest BCUT2D eigenvalue weighted by atomic mass is 32.1. The van der Waals surface area contributed by atoms with E-state index < -0.39 is 0 Å². The molecule has 1 nitrogen and oxygen atoms in total. The summed E-state index contributed by atoms with van der Waals surface area (Å²) in [4.78, 5) is 0. The Morgan fingerprint density at radius 1 is 0.450 bits per heavy atom. The lowest BCUT2D eigenvalue weighted by Gasteiger charge is -2.13. The smallest absolute Gasteiger partial charge is 0.0726 e. The van der Waals surface area contributed by atoms with Crippen LogP contribution >= 0.6 is 11.3 Å². The predicted molar refractivity (Wildman–Crippen MR) is 174 cm³/mol. The topological polar surface area (TPSA) is 4.93 Å². The number of fused-ring (bicyclic) bond motifs is 11. The lowest BCUT2D eigenvalue weighted by molar-refractivity contribution is 1.21. The Morgan fingerprint density at radius 2 is 1.12 bits per heavy atom. The minimum atomic E-state index is 1.22. The van der Waals surface area contributed by atoms with Crippen molar-refractivity contribution in [1.82, 2.24) is 4.57 Å². The molecule has 0 atom stereocenters. The third-order valence-corrected chi connectivity index (χ3v) is 9.54. The molecule has 0 fully saturated rings. The first kappa shape index (κ1) is 22.0. The maximum Gasteiger partial charge on any atom is 0.0726 e. The van der Waals surface area contributed by atoms with Crippen molar-refractivity contribution in [3.8, 4) is 16.8 Å². The quantitative estimate of drug-likeness (QED) is 0.211. The van der Waals surface area contributed by atoms with Crippen molar-refractivity contribution >= 4 is 74.9 Å². The highest BCUT2D eigenvalue weighted by molar-refractivity contribution is 7.27. The lowest BCUT2D eigenvalue weighted by atomic mass is 9.97. The van der Waals surface area contributed by atoms with Crippen molar-refractivity contribution < 1.29 is 0 Å². The second-order valence-electron chi connectivity index (χ2n) is 10.5. The van der Waals surface area contributed by atoms with Gasteiger partial charge in [-0.2, -0.15) is 0 Å². The van der Waals surface area contributed by atoms with Crippen molar-refractivity contribution in [3.63, 3.8) is 0 Å². The van der Waals surface area contributed by atoms with Gasteiger partial charge in [-0.3, -0.25) is 0 Å². The van der Waals surface area contributed by atoms with Crippen molar-refractivity contribution in [3.05, 3.63) is 140 Å². The number of hydrogen-bond acceptors (Lipinski definition) is 1. The molecule has 186 valence electrons. The van der Waals surface area contributed by atoms with Gasteiger partial charge < -0.3 is 4.57 Å². The van der Waals surface area contributed by atoms with Crippen LogP contribution in [0.25, 0.3) is 80.3 Å². The van der Waals surface area contributed by atoms with E-state index in [9.17, 15) is 0 Å². The van der Waals surface area contributed by atoms with E-state index in [1.54, 1.807) is 0 Å². The third-order valence-electron chi connectivity index (χ3n) is 8.36. The normalized spacial score (nSPS) is 12.0. The summed E-state index contributed by atoms with van der Waals surface area (Å²) in [5, 5.41) is 10.5. The van der Waals surface area contributed by atoms with Gasteiger partial charge in [-0.05, 0) is 51.6 Å². The van der Waals surface area contributed by atoms with Crippen LogP contribution in [-0.2, 0) is 0 Å². The maximum atomic E-state index is 2.53. The molecule has 0 bridgehead atoms. The standard InChI is InChI=1S/C38H23NS/c1-2-11-24(12-3-1)26-21-22-33-31(23-26)35-28-16-6-7-17-29(28)36-30-18-8-9-20-34(30)40-38(36)37(35)39(33)32-19-10-14-25-13-4-5-15-27(25)32/h1-23H. The minimum absolute atomic E-state index is 1.22. The van der Waals surface area contributed by atoms with E-state index in [2.05, 4.69) is 144 Å². The molecule has 0 N–H and O–H groups in total. The number of rotatable bonds is 2. The Kier molecular flexibility index (Phi) is 4.55. The van der Waals surface area contributed by atoms with Gasteiger partial charge in [-0.15, -0.1) is 11.3 Å². The maximum absolute atomic E-state index is 2.53. The molecule has 7 aromatic carbocycles. The molecule has 0 aliphatic carbocycles. The van der Waals surface area contributed by atoms with Crippen molar-refractivity contribution in [2.24, 2.45) is 0 Å². The van der Waals surface area contributed by atoms with Crippen molar-refractivity contribution in [2.45, 2.75) is 0 Å². The molecule has 9 aromatic rings. The Bertz CT molecular complexity index is 2420. The van der Waals surface area contributed by atoms with E-state index in [4.69, 9.17) is 0 Å². The Labute approximate surface area is 235 Å². The van der Waals surface area contributed by atoms with Crippen LogP contribution in [0.5, 0.6) is 0 Å². The van der Waals surface area contributed by atoms with Gasteiger partial charge in [-0.1, -0.05) is 115 Å². The first-order valence-electron chi connectivity index (χ1n) is 13.7.